The zero-order chi connectivity index (χ0) is 14.5. The van der Waals surface area contributed by atoms with Crippen LogP contribution in [0.1, 0.15) is 22.5 Å². The third-order valence-electron chi connectivity index (χ3n) is 2.24. The van der Waals surface area contributed by atoms with E-state index in [9.17, 15) is 13.2 Å². The molecule has 0 bridgehead atoms. The standard InChI is InChI=1S/C11H18N4O3S/c1-8-6-9(7-10(12)15-8)11(16)13-4-3-5-14-19(2,17)18/h6-7,14H,3-5H2,1-2H3,(H2,12,15)(H,13,16). The van der Waals surface area contributed by atoms with E-state index in [1.807, 2.05) is 0 Å². The molecule has 1 aromatic heterocycles. The van der Waals surface area contributed by atoms with Crippen molar-refractivity contribution in [2.45, 2.75) is 13.3 Å². The molecule has 0 saturated carbocycles. The van der Waals surface area contributed by atoms with Gasteiger partial charge in [0, 0.05) is 24.3 Å². The summed E-state index contributed by atoms with van der Waals surface area (Å²) in [5.74, 6) is 0.0421. The summed E-state index contributed by atoms with van der Waals surface area (Å²) in [6.07, 6.45) is 1.60. The molecule has 4 N–H and O–H groups in total. The van der Waals surface area contributed by atoms with Crippen LogP contribution in [-0.2, 0) is 10.0 Å². The molecule has 0 aliphatic carbocycles. The van der Waals surface area contributed by atoms with Crippen LogP contribution in [0.2, 0.25) is 0 Å². The highest BCUT2D eigenvalue weighted by Crippen LogP contribution is 2.06. The molecule has 19 heavy (non-hydrogen) atoms. The van der Waals surface area contributed by atoms with Crippen molar-refractivity contribution < 1.29 is 13.2 Å². The van der Waals surface area contributed by atoms with Crippen molar-refractivity contribution in [2.75, 3.05) is 25.1 Å². The summed E-state index contributed by atoms with van der Waals surface area (Å²) in [6.45, 7) is 2.42. The van der Waals surface area contributed by atoms with Crippen LogP contribution in [0.3, 0.4) is 0 Å². The molecule has 1 aromatic rings. The van der Waals surface area contributed by atoms with Gasteiger partial charge < -0.3 is 11.1 Å². The van der Waals surface area contributed by atoms with E-state index >= 15 is 0 Å². The van der Waals surface area contributed by atoms with Gasteiger partial charge in [0.05, 0.1) is 6.26 Å². The monoisotopic (exact) mass is 286 g/mol. The van der Waals surface area contributed by atoms with Crippen LogP contribution < -0.4 is 15.8 Å². The highest BCUT2D eigenvalue weighted by atomic mass is 32.2. The number of nitrogen functional groups attached to an aromatic ring is 1. The van der Waals surface area contributed by atoms with Crippen LogP contribution >= 0.6 is 0 Å². The van der Waals surface area contributed by atoms with Crippen molar-refractivity contribution in [3.63, 3.8) is 0 Å². The molecule has 0 aromatic carbocycles. The molecule has 0 saturated heterocycles. The Kier molecular flexibility index (Phi) is 5.25. The number of aromatic nitrogens is 1. The summed E-state index contributed by atoms with van der Waals surface area (Å²) in [4.78, 5) is 15.8. The number of nitrogens with one attached hydrogen (secondary N) is 2. The predicted octanol–water partition coefficient (Wildman–Crippen LogP) is -0.359. The number of hydrogen-bond donors (Lipinski definition) is 3. The number of carbonyl (C=O) groups excluding carboxylic acids is 1. The highest BCUT2D eigenvalue weighted by Gasteiger charge is 2.07. The van der Waals surface area contributed by atoms with E-state index in [2.05, 4.69) is 15.0 Å². The van der Waals surface area contributed by atoms with Crippen molar-refractivity contribution in [3.05, 3.63) is 23.4 Å². The summed E-state index contributed by atoms with van der Waals surface area (Å²) in [5, 5.41) is 2.68. The van der Waals surface area contributed by atoms with Gasteiger partial charge in [-0.3, -0.25) is 4.79 Å². The molecular formula is C11H18N4O3S. The summed E-state index contributed by atoms with van der Waals surface area (Å²) in [6, 6.07) is 3.14. The lowest BCUT2D eigenvalue weighted by Gasteiger charge is -2.07. The Morgan fingerprint density at radius 1 is 1.37 bits per heavy atom. The minimum atomic E-state index is -3.18. The fourth-order valence-electron chi connectivity index (χ4n) is 1.48. The number of amides is 1. The zero-order valence-electron chi connectivity index (χ0n) is 10.9. The van der Waals surface area contributed by atoms with Crippen molar-refractivity contribution >= 4 is 21.7 Å². The Labute approximate surface area is 112 Å². The number of hydrogen-bond acceptors (Lipinski definition) is 5. The van der Waals surface area contributed by atoms with Crippen molar-refractivity contribution in [1.82, 2.24) is 15.0 Å². The number of rotatable bonds is 6. The van der Waals surface area contributed by atoms with Crippen LogP contribution in [0.4, 0.5) is 5.82 Å². The molecule has 1 amide bonds. The summed E-state index contributed by atoms with van der Waals surface area (Å²) in [5.41, 5.74) is 6.67. The topological polar surface area (TPSA) is 114 Å². The maximum Gasteiger partial charge on any atom is 0.251 e. The Morgan fingerprint density at radius 2 is 2.05 bits per heavy atom. The minimum Gasteiger partial charge on any atom is -0.384 e. The van der Waals surface area contributed by atoms with Crippen LogP contribution in [0.5, 0.6) is 0 Å². The van der Waals surface area contributed by atoms with E-state index in [-0.39, 0.29) is 12.5 Å². The van der Waals surface area contributed by atoms with E-state index in [1.165, 1.54) is 6.07 Å². The molecule has 7 nitrogen and oxygen atoms in total. The molecule has 0 unspecified atom stereocenters. The predicted molar refractivity (Wildman–Crippen MR) is 73.2 cm³/mol. The summed E-state index contributed by atoms with van der Waals surface area (Å²) < 4.78 is 24.0. The maximum absolute atomic E-state index is 11.8. The van der Waals surface area contributed by atoms with E-state index in [4.69, 9.17) is 5.73 Å². The molecule has 0 aliphatic rings. The molecule has 0 atom stereocenters. The zero-order valence-corrected chi connectivity index (χ0v) is 11.8. The van der Waals surface area contributed by atoms with Gasteiger partial charge in [-0.25, -0.2) is 18.1 Å². The van der Waals surface area contributed by atoms with Crippen LogP contribution in [0, 0.1) is 6.92 Å². The van der Waals surface area contributed by atoms with Crippen molar-refractivity contribution in [3.8, 4) is 0 Å². The van der Waals surface area contributed by atoms with Gasteiger partial charge in [-0.2, -0.15) is 0 Å². The molecule has 0 fully saturated rings. The van der Waals surface area contributed by atoms with Gasteiger partial charge in [-0.1, -0.05) is 0 Å². The lowest BCUT2D eigenvalue weighted by atomic mass is 10.2. The lowest BCUT2D eigenvalue weighted by molar-refractivity contribution is 0.0953. The second-order valence-electron chi connectivity index (χ2n) is 4.20. The second kappa shape index (κ2) is 6.48. The van der Waals surface area contributed by atoms with Gasteiger partial charge >= 0.3 is 0 Å². The number of sulfonamides is 1. The van der Waals surface area contributed by atoms with Gasteiger partial charge in [0.25, 0.3) is 5.91 Å². The number of nitrogens with two attached hydrogens (primary N) is 1. The normalized spacial score (nSPS) is 11.3. The molecule has 1 rings (SSSR count). The number of anilines is 1. The third-order valence-corrected chi connectivity index (χ3v) is 2.97. The smallest absolute Gasteiger partial charge is 0.251 e. The molecule has 0 radical (unpaired) electrons. The van der Waals surface area contributed by atoms with Gasteiger partial charge in [-0.15, -0.1) is 0 Å². The average molecular weight is 286 g/mol. The van der Waals surface area contributed by atoms with Crippen molar-refractivity contribution in [2.24, 2.45) is 0 Å². The summed E-state index contributed by atoms with van der Waals surface area (Å²) in [7, 11) is -3.18. The van der Waals surface area contributed by atoms with Crippen LogP contribution in [0.15, 0.2) is 12.1 Å². The Hall–Kier alpha value is -1.67. The molecule has 0 aliphatic heterocycles. The highest BCUT2D eigenvalue weighted by molar-refractivity contribution is 7.88. The number of nitrogens with zero attached hydrogens (tertiary/aromatic N) is 1. The lowest BCUT2D eigenvalue weighted by Crippen LogP contribution is -2.29. The Morgan fingerprint density at radius 3 is 2.63 bits per heavy atom. The molecular weight excluding hydrogens is 268 g/mol. The fourth-order valence-corrected chi connectivity index (χ4v) is 1.99. The molecule has 106 valence electrons. The molecule has 1 heterocycles. The van der Waals surface area contributed by atoms with E-state index in [0.717, 1.165) is 6.26 Å². The first-order valence-electron chi connectivity index (χ1n) is 5.75. The Balaban J connectivity index is 2.39. The first-order chi connectivity index (χ1) is 8.78. The van der Waals surface area contributed by atoms with Gasteiger partial charge in [0.15, 0.2) is 0 Å². The largest absolute Gasteiger partial charge is 0.384 e. The number of pyridine rings is 1. The van der Waals surface area contributed by atoms with Crippen molar-refractivity contribution in [1.29, 1.82) is 0 Å². The SMILES string of the molecule is Cc1cc(C(=O)NCCCNS(C)(=O)=O)cc(N)n1. The van der Waals surface area contributed by atoms with Gasteiger partial charge in [0.1, 0.15) is 5.82 Å². The second-order valence-corrected chi connectivity index (χ2v) is 6.03. The molecule has 0 spiro atoms. The third kappa shape index (κ3) is 6.16. The first kappa shape index (κ1) is 15.4. The van der Waals surface area contributed by atoms with Gasteiger partial charge in [-0.05, 0) is 25.5 Å². The summed E-state index contributed by atoms with van der Waals surface area (Å²) >= 11 is 0. The minimum absolute atomic E-state index is 0.253. The average Bonchev–Trinajstić information content (AvgIpc) is 2.25. The van der Waals surface area contributed by atoms with E-state index in [1.54, 1.807) is 13.0 Å². The fraction of sp³-hybridized carbons (Fsp3) is 0.455. The van der Waals surface area contributed by atoms with Gasteiger partial charge in [0.2, 0.25) is 10.0 Å². The van der Waals surface area contributed by atoms with Crippen LogP contribution in [0.25, 0.3) is 0 Å². The number of aryl methyl sites for hydroxylation is 1. The van der Waals surface area contributed by atoms with E-state index < -0.39 is 10.0 Å². The maximum atomic E-state index is 11.8. The Bertz CT molecular complexity index is 537. The van der Waals surface area contributed by atoms with E-state index in [0.29, 0.717) is 30.0 Å². The first-order valence-corrected chi connectivity index (χ1v) is 7.64. The van der Waals surface area contributed by atoms with Crippen LogP contribution in [-0.4, -0.2) is 38.7 Å². The number of carbonyl (C=O) groups is 1. The quantitative estimate of drug-likeness (QED) is 0.618. The molecule has 8 heteroatoms.